The normalized spacial score (nSPS) is 24.0. The molecule has 640 valence electrons. The summed E-state index contributed by atoms with van der Waals surface area (Å²) in [5.41, 5.74) is 6.77. The molecule has 0 N–H and O–H groups in total. The van der Waals surface area contributed by atoms with Crippen LogP contribution in [0.3, 0.4) is 0 Å². The van der Waals surface area contributed by atoms with Gasteiger partial charge in [-0.2, -0.15) is 0 Å². The predicted octanol–water partition coefficient (Wildman–Crippen LogP) is 24.6. The molecule has 7 heterocycles. The molecule has 0 bridgehead atoms. The fourth-order valence-corrected chi connectivity index (χ4v) is 12.2. The van der Waals surface area contributed by atoms with Gasteiger partial charge in [-0.1, -0.05) is 168 Å². The van der Waals surface area contributed by atoms with Crippen molar-refractivity contribution in [3.05, 3.63) is 140 Å². The largest absolute Gasteiger partial charge is 0.490 e. The molecular weight excluding hydrogens is 1420 g/mol. The van der Waals surface area contributed by atoms with E-state index in [4.69, 9.17) is 65.2 Å². The Bertz CT molecular complexity index is 3400. The second-order valence-corrected chi connectivity index (χ2v) is 42.4. The third kappa shape index (κ3) is 29.7. The summed E-state index contributed by atoms with van der Waals surface area (Å²) in [7, 11) is -1.55. The van der Waals surface area contributed by atoms with E-state index >= 15 is 0 Å². The molecule has 14 nitrogen and oxygen atoms in total. The van der Waals surface area contributed by atoms with Crippen molar-refractivity contribution in [3.63, 3.8) is 0 Å². The highest BCUT2D eigenvalue weighted by atomic mass is 19.1. The lowest BCUT2D eigenvalue weighted by atomic mass is 9.75. The molecule has 7 aliphatic heterocycles. The number of unbranched alkanes of at least 4 members (excludes halogenated alkanes) is 1. The highest BCUT2D eigenvalue weighted by Crippen LogP contribution is 2.45. The van der Waals surface area contributed by atoms with Crippen LogP contribution in [0.4, 0.5) is 4.39 Å². The Hall–Kier alpha value is -3.56. The molecule has 0 saturated carbocycles. The summed E-state index contributed by atoms with van der Waals surface area (Å²) in [4.78, 5) is 0. The van der Waals surface area contributed by atoms with Crippen LogP contribution in [0, 0.1) is 28.5 Å². The lowest BCUT2D eigenvalue weighted by Crippen LogP contribution is -2.41. The molecule has 0 aliphatic carbocycles. The highest BCUT2D eigenvalue weighted by molar-refractivity contribution is 6.57. The molecule has 7 saturated heterocycles. The van der Waals surface area contributed by atoms with E-state index in [1.54, 1.807) is 12.1 Å². The quantitative estimate of drug-likeness (QED) is 0.176. The first kappa shape index (κ1) is 105. The standard InChI is InChI=1S/C15H20BFO2.C15H21BO2.2C13H25BO2.3C12H23BO2/c1-11(10-12-6-8-13(17)9-7-12)16-18-14(2,3)15(4,5)19-16;1-12(11-13-9-7-6-8-10-13)16-17-14(2,3)15(4,5)18-16;2*1-10(9-11(2,3)4)14-15-12(5,6)13(7,8)16-14;2*1-9(2)8-10(3)13-14-11(4,5)12(6,7)15-13;1-7-8-9-10(2)13-14-11(3,4)12(5,6)15-13/h6-10H,1-5H3;6-11H,1-5H3;2*9H,1-8H3;2*8-9H,1-7H3;9H,7-8H2,1-6H3/b11-10-;12-11-;2*10-9-;2*10-8-;10-9-. The number of hydrogen-bond donors (Lipinski definition) is 0. The van der Waals surface area contributed by atoms with Gasteiger partial charge in [-0.25, -0.2) is 4.39 Å². The minimum absolute atomic E-state index is 0.160. The van der Waals surface area contributed by atoms with Crippen LogP contribution in [0.5, 0.6) is 0 Å². The van der Waals surface area contributed by atoms with Gasteiger partial charge in [-0.15, -0.1) is 0 Å². The highest BCUT2D eigenvalue weighted by Gasteiger charge is 2.57. The summed E-state index contributed by atoms with van der Waals surface area (Å²) in [5.74, 6) is 0.832. The van der Waals surface area contributed by atoms with E-state index in [-0.39, 0.29) is 145 Å². The van der Waals surface area contributed by atoms with Gasteiger partial charge >= 0.3 is 49.8 Å². The molecule has 0 amide bonds. The van der Waals surface area contributed by atoms with Gasteiger partial charge in [0.25, 0.3) is 0 Å². The summed E-state index contributed by atoms with van der Waals surface area (Å²) >= 11 is 0. The van der Waals surface area contributed by atoms with Crippen molar-refractivity contribution in [3.8, 4) is 0 Å². The van der Waals surface area contributed by atoms with Crippen molar-refractivity contribution in [1.82, 2.24) is 0 Å². The van der Waals surface area contributed by atoms with Gasteiger partial charge < -0.3 is 65.2 Å². The van der Waals surface area contributed by atoms with Crippen LogP contribution in [-0.2, 0) is 65.2 Å². The first-order chi connectivity index (χ1) is 51.0. The molecule has 0 spiro atoms. The first-order valence-electron chi connectivity index (χ1n) is 42.1. The van der Waals surface area contributed by atoms with E-state index in [9.17, 15) is 4.39 Å². The lowest BCUT2D eigenvalue weighted by Gasteiger charge is -2.32. The Kier molecular flexibility index (Phi) is 35.9. The zero-order valence-corrected chi connectivity index (χ0v) is 80.9. The summed E-state index contributed by atoms with van der Waals surface area (Å²) < 4.78 is 96.3. The zero-order valence-electron chi connectivity index (χ0n) is 80.9. The van der Waals surface area contributed by atoms with Gasteiger partial charge in [0.05, 0.1) is 78.4 Å². The number of halogens is 1. The van der Waals surface area contributed by atoms with Crippen LogP contribution in [0.1, 0.15) is 342 Å². The van der Waals surface area contributed by atoms with Gasteiger partial charge in [0.2, 0.25) is 0 Å². The first-order valence-corrected chi connectivity index (χ1v) is 42.1. The van der Waals surface area contributed by atoms with Crippen molar-refractivity contribution in [2.24, 2.45) is 22.7 Å². The van der Waals surface area contributed by atoms with Crippen LogP contribution in [0.15, 0.2) is 123 Å². The predicted molar refractivity (Wildman–Crippen MR) is 485 cm³/mol. The summed E-state index contributed by atoms with van der Waals surface area (Å²) in [6, 6.07) is 16.6. The smallest absolute Gasteiger partial charge is 0.400 e. The summed E-state index contributed by atoms with van der Waals surface area (Å²) in [6.07, 6.45) is 17.4. The third-order valence-electron chi connectivity index (χ3n) is 24.1. The molecule has 114 heavy (non-hydrogen) atoms. The molecule has 0 unspecified atom stereocenters. The Morgan fingerprint density at radius 3 is 0.693 bits per heavy atom. The summed E-state index contributed by atoms with van der Waals surface area (Å²) in [6.45, 7) is 96.3. The molecule has 22 heteroatoms. The van der Waals surface area contributed by atoms with Gasteiger partial charge in [0.15, 0.2) is 0 Å². The minimum Gasteiger partial charge on any atom is -0.400 e. The van der Waals surface area contributed by atoms with Gasteiger partial charge in [0, 0.05) is 0 Å². The molecule has 7 fully saturated rings. The topological polar surface area (TPSA) is 129 Å². The minimum atomic E-state index is -0.352. The van der Waals surface area contributed by atoms with Crippen molar-refractivity contribution in [2.45, 2.75) is 410 Å². The SMILES string of the molecule is C/C(=C/C(C)(C)C)B1OC(C)(C)C(C)(C)O1.C/C(=C/C(C)(C)C)B1OC(C)(C)C(C)(C)O1.C/C(=C/C(C)C)B1OC(C)(C)C(C)(C)O1.C/C(=C/C(C)C)B1OC(C)(C)C(C)(C)O1.C/C(=C/c1ccc(F)cc1)B1OC(C)(C)C(C)(C)O1.C/C(=C/c1ccccc1)B1OC(C)(C)C(C)(C)O1.CCC/C=C(/C)B1OC(C)(C)C(C)(C)O1. The molecule has 9 rings (SSSR count). The van der Waals surface area contributed by atoms with E-state index in [1.807, 2.05) is 58.9 Å². The van der Waals surface area contributed by atoms with E-state index in [1.165, 1.54) is 34.1 Å². The van der Waals surface area contributed by atoms with Crippen LogP contribution in [0.2, 0.25) is 0 Å². The maximum absolute atomic E-state index is 12.9. The van der Waals surface area contributed by atoms with E-state index in [2.05, 4.69) is 332 Å². The van der Waals surface area contributed by atoms with Gasteiger partial charge in [-0.3, -0.25) is 0 Å². The van der Waals surface area contributed by atoms with Crippen LogP contribution >= 0.6 is 0 Å². The zero-order chi connectivity index (χ0) is 88.6. The molecule has 7 aliphatic rings. The number of benzene rings is 2. The molecule has 2 aromatic carbocycles. The van der Waals surface area contributed by atoms with E-state index in [0.29, 0.717) is 11.8 Å². The van der Waals surface area contributed by atoms with Gasteiger partial charge in [0.1, 0.15) is 5.82 Å². The fraction of sp³-hybridized carbons (Fsp3) is 0.717. The number of rotatable bonds is 13. The van der Waals surface area contributed by atoms with E-state index in [0.717, 1.165) is 40.3 Å². The Labute approximate surface area is 700 Å². The number of allylic oxidation sites excluding steroid dienone is 12. The molecule has 0 radical (unpaired) electrons. The second-order valence-electron chi connectivity index (χ2n) is 42.4. The molecule has 2 aromatic rings. The van der Waals surface area contributed by atoms with Crippen LogP contribution < -0.4 is 0 Å². The fourth-order valence-electron chi connectivity index (χ4n) is 12.2. The lowest BCUT2D eigenvalue weighted by molar-refractivity contribution is 0.00578. The van der Waals surface area contributed by atoms with E-state index < -0.39 is 0 Å². The average molecular weight is 1580 g/mol. The third-order valence-corrected chi connectivity index (χ3v) is 24.1. The Morgan fingerprint density at radius 2 is 0.491 bits per heavy atom. The van der Waals surface area contributed by atoms with Crippen molar-refractivity contribution in [2.75, 3.05) is 0 Å². The Morgan fingerprint density at radius 1 is 0.298 bits per heavy atom. The molecule has 0 aromatic heterocycles. The van der Waals surface area contributed by atoms with Crippen molar-refractivity contribution >= 4 is 62.0 Å². The summed E-state index contributed by atoms with van der Waals surface area (Å²) in [5, 5.41) is 0. The Balaban J connectivity index is 0.000000345. The molecule has 0 atom stereocenters. The van der Waals surface area contributed by atoms with Crippen LogP contribution in [-0.4, -0.2) is 128 Å². The van der Waals surface area contributed by atoms with Crippen molar-refractivity contribution in [1.29, 1.82) is 0 Å². The van der Waals surface area contributed by atoms with Gasteiger partial charge in [-0.05, 0) is 333 Å². The maximum atomic E-state index is 12.9. The maximum Gasteiger partial charge on any atom is 0.490 e. The molecular formula is C92H160B7FO14. The average Bonchev–Trinajstić information content (AvgIpc) is 1.69. The monoisotopic (exact) mass is 1590 g/mol. The van der Waals surface area contributed by atoms with Crippen molar-refractivity contribution < 1.29 is 69.6 Å². The second kappa shape index (κ2) is 39.1. The number of hydrogen-bond acceptors (Lipinski definition) is 14. The van der Waals surface area contributed by atoms with Crippen LogP contribution in [0.25, 0.3) is 12.2 Å².